The molecule has 0 saturated carbocycles. The summed E-state index contributed by atoms with van der Waals surface area (Å²) in [6.07, 6.45) is 0. The first-order valence-electron chi connectivity index (χ1n) is 12.0. The first kappa shape index (κ1) is 27.6. The molecule has 0 spiro atoms. The van der Waals surface area contributed by atoms with Gasteiger partial charge in [-0.1, -0.05) is 23.7 Å². The normalized spacial score (nSPS) is 12.0. The second-order valence-electron chi connectivity index (χ2n) is 9.05. The van der Waals surface area contributed by atoms with Crippen molar-refractivity contribution in [2.45, 2.75) is 13.0 Å². The number of rotatable bonds is 8. The Kier molecular flexibility index (Phi) is 8.71. The van der Waals surface area contributed by atoms with Crippen molar-refractivity contribution in [3.8, 4) is 11.4 Å². The van der Waals surface area contributed by atoms with Gasteiger partial charge in [-0.2, -0.15) is 0 Å². The summed E-state index contributed by atoms with van der Waals surface area (Å²) in [5, 5.41) is 3.89. The van der Waals surface area contributed by atoms with Crippen molar-refractivity contribution in [1.82, 2.24) is 19.4 Å². The van der Waals surface area contributed by atoms with E-state index in [1.54, 1.807) is 59.0 Å². The quantitative estimate of drug-likeness (QED) is 0.271. The molecule has 1 aromatic heterocycles. The fourth-order valence-electron chi connectivity index (χ4n) is 4.10. The number of carbonyl (C=O) groups excluding carboxylic acids is 1. The predicted molar refractivity (Wildman–Crippen MR) is 156 cm³/mol. The number of aromatic nitrogens is 2. The minimum absolute atomic E-state index is 0.252. The standard InChI is InChI=1S/C28H29BrClN5O3/c1-18(34(16-15-33(2)3)28(37)32-24-8-6-5-7-23(24)29)26-31-25-17-19(30)9-14-22(25)27(36)35(26)20-10-12-21(38-4)13-11-20/h5-14,17-18H,15-16H2,1-4H3,(H,32,37). The average Bonchev–Trinajstić information content (AvgIpc) is 2.89. The number of likely N-dealkylation sites (N-methyl/N-ethyl adjacent to an activating group) is 1. The second kappa shape index (κ2) is 12.0. The molecule has 1 unspecified atom stereocenters. The van der Waals surface area contributed by atoms with Crippen molar-refractivity contribution in [3.63, 3.8) is 0 Å². The van der Waals surface area contributed by atoms with Gasteiger partial charge in [0.2, 0.25) is 0 Å². The molecular weight excluding hydrogens is 570 g/mol. The van der Waals surface area contributed by atoms with E-state index in [0.29, 0.717) is 52.0 Å². The smallest absolute Gasteiger partial charge is 0.322 e. The van der Waals surface area contributed by atoms with E-state index in [1.807, 2.05) is 50.2 Å². The number of urea groups is 1. The predicted octanol–water partition coefficient (Wildman–Crippen LogP) is 5.97. The highest BCUT2D eigenvalue weighted by atomic mass is 79.9. The Hall–Kier alpha value is -3.40. The summed E-state index contributed by atoms with van der Waals surface area (Å²) >= 11 is 9.74. The molecule has 0 aliphatic heterocycles. The van der Waals surface area contributed by atoms with E-state index in [1.165, 1.54) is 0 Å². The number of anilines is 1. The van der Waals surface area contributed by atoms with Gasteiger partial charge in [0.15, 0.2) is 0 Å². The van der Waals surface area contributed by atoms with Crippen LogP contribution in [0.3, 0.4) is 0 Å². The molecule has 8 nitrogen and oxygen atoms in total. The van der Waals surface area contributed by atoms with E-state index in [2.05, 4.69) is 21.2 Å². The van der Waals surface area contributed by atoms with E-state index in [0.717, 1.165) is 4.47 Å². The molecule has 0 fully saturated rings. The van der Waals surface area contributed by atoms with Crippen LogP contribution in [0.2, 0.25) is 5.02 Å². The minimum atomic E-state index is -0.573. The summed E-state index contributed by atoms with van der Waals surface area (Å²) in [6.45, 7) is 2.88. The largest absolute Gasteiger partial charge is 0.497 e. The number of amides is 2. The summed E-state index contributed by atoms with van der Waals surface area (Å²) in [5.41, 5.74) is 1.47. The Bertz CT molecular complexity index is 1510. The molecule has 0 radical (unpaired) electrons. The first-order chi connectivity index (χ1) is 18.2. The lowest BCUT2D eigenvalue weighted by molar-refractivity contribution is 0.181. The van der Waals surface area contributed by atoms with Crippen molar-refractivity contribution in [1.29, 1.82) is 0 Å². The molecule has 4 rings (SSSR count). The number of para-hydroxylation sites is 1. The number of halogens is 2. The topological polar surface area (TPSA) is 79.7 Å². The lowest BCUT2D eigenvalue weighted by atomic mass is 10.2. The first-order valence-corrected chi connectivity index (χ1v) is 13.2. The SMILES string of the molecule is COc1ccc(-n2c(C(C)N(CCN(C)C)C(=O)Nc3ccccc3Br)nc3cc(Cl)ccc3c2=O)cc1. The Balaban J connectivity index is 1.86. The Morgan fingerprint density at radius 2 is 1.82 bits per heavy atom. The number of nitrogens with zero attached hydrogens (tertiary/aromatic N) is 4. The zero-order chi connectivity index (χ0) is 27.4. The van der Waals surface area contributed by atoms with Gasteiger partial charge in [-0.3, -0.25) is 9.36 Å². The van der Waals surface area contributed by atoms with E-state index in [4.69, 9.17) is 21.3 Å². The van der Waals surface area contributed by atoms with Crippen LogP contribution < -0.4 is 15.6 Å². The molecule has 2 amide bonds. The van der Waals surface area contributed by atoms with Crippen LogP contribution in [0, 0.1) is 0 Å². The van der Waals surface area contributed by atoms with Gasteiger partial charge in [-0.15, -0.1) is 0 Å². The fourth-order valence-corrected chi connectivity index (χ4v) is 4.66. The van der Waals surface area contributed by atoms with Crippen LogP contribution in [0.15, 0.2) is 76.0 Å². The Morgan fingerprint density at radius 1 is 1.11 bits per heavy atom. The van der Waals surface area contributed by atoms with Gasteiger partial charge in [0.05, 0.1) is 35.4 Å². The lowest BCUT2D eigenvalue weighted by Gasteiger charge is -2.31. The third-order valence-electron chi connectivity index (χ3n) is 6.19. The molecule has 0 aliphatic carbocycles. The van der Waals surface area contributed by atoms with Crippen LogP contribution in [0.5, 0.6) is 5.75 Å². The van der Waals surface area contributed by atoms with E-state index < -0.39 is 6.04 Å². The molecule has 0 saturated heterocycles. The van der Waals surface area contributed by atoms with Crippen LogP contribution >= 0.6 is 27.5 Å². The maximum atomic E-state index is 13.8. The monoisotopic (exact) mass is 597 g/mol. The zero-order valence-corrected chi connectivity index (χ0v) is 24.0. The van der Waals surface area contributed by atoms with Crippen LogP contribution in [0.1, 0.15) is 18.8 Å². The molecule has 1 heterocycles. The van der Waals surface area contributed by atoms with Crippen molar-refractivity contribution in [2.75, 3.05) is 39.6 Å². The van der Waals surface area contributed by atoms with Gasteiger partial charge < -0.3 is 19.9 Å². The van der Waals surface area contributed by atoms with Crippen LogP contribution in [0.25, 0.3) is 16.6 Å². The maximum Gasteiger partial charge on any atom is 0.322 e. The highest BCUT2D eigenvalue weighted by molar-refractivity contribution is 9.10. The zero-order valence-electron chi connectivity index (χ0n) is 21.6. The summed E-state index contributed by atoms with van der Waals surface area (Å²) in [5.74, 6) is 1.08. The third kappa shape index (κ3) is 6.01. The molecular formula is C28H29BrClN5O3. The van der Waals surface area contributed by atoms with E-state index >= 15 is 0 Å². The molecule has 1 atom stereocenters. The number of fused-ring (bicyclic) bond motifs is 1. The molecule has 0 aliphatic rings. The van der Waals surface area contributed by atoms with Gasteiger partial charge in [0, 0.05) is 22.6 Å². The highest BCUT2D eigenvalue weighted by Crippen LogP contribution is 2.27. The van der Waals surface area contributed by atoms with Gasteiger partial charge in [-0.25, -0.2) is 9.78 Å². The van der Waals surface area contributed by atoms with E-state index in [9.17, 15) is 9.59 Å². The summed E-state index contributed by atoms with van der Waals surface area (Å²) in [6, 6.07) is 18.7. The molecule has 0 bridgehead atoms. The van der Waals surface area contributed by atoms with Gasteiger partial charge in [-0.05, 0) is 91.5 Å². The van der Waals surface area contributed by atoms with Crippen molar-refractivity contribution in [3.05, 3.63) is 92.4 Å². The lowest BCUT2D eigenvalue weighted by Crippen LogP contribution is -2.43. The summed E-state index contributed by atoms with van der Waals surface area (Å²) < 4.78 is 7.62. The third-order valence-corrected chi connectivity index (χ3v) is 7.12. The highest BCUT2D eigenvalue weighted by Gasteiger charge is 2.27. The number of benzene rings is 3. The Labute approximate surface area is 234 Å². The molecule has 10 heteroatoms. The maximum absolute atomic E-state index is 13.8. The fraction of sp³-hybridized carbons (Fsp3) is 0.250. The van der Waals surface area contributed by atoms with E-state index in [-0.39, 0.29) is 11.6 Å². The number of carbonyl (C=O) groups is 1. The van der Waals surface area contributed by atoms with Gasteiger partial charge >= 0.3 is 6.03 Å². The average molecular weight is 599 g/mol. The Morgan fingerprint density at radius 3 is 2.47 bits per heavy atom. The molecule has 4 aromatic rings. The minimum Gasteiger partial charge on any atom is -0.497 e. The molecule has 38 heavy (non-hydrogen) atoms. The van der Waals surface area contributed by atoms with Gasteiger partial charge in [0.25, 0.3) is 5.56 Å². The van der Waals surface area contributed by atoms with Crippen molar-refractivity contribution >= 4 is 50.2 Å². The van der Waals surface area contributed by atoms with Crippen molar-refractivity contribution < 1.29 is 9.53 Å². The number of nitrogens with one attached hydrogen (secondary N) is 1. The number of ether oxygens (including phenoxy) is 1. The van der Waals surface area contributed by atoms with Crippen LogP contribution in [-0.4, -0.2) is 59.7 Å². The molecule has 3 aromatic carbocycles. The van der Waals surface area contributed by atoms with Gasteiger partial charge in [0.1, 0.15) is 11.6 Å². The molecule has 198 valence electrons. The second-order valence-corrected chi connectivity index (χ2v) is 10.3. The number of hydrogen-bond donors (Lipinski definition) is 1. The number of methoxy groups -OCH3 is 1. The number of hydrogen-bond acceptors (Lipinski definition) is 5. The van der Waals surface area contributed by atoms with Crippen molar-refractivity contribution in [2.24, 2.45) is 0 Å². The summed E-state index contributed by atoms with van der Waals surface area (Å²) in [7, 11) is 5.47. The molecule has 1 N–H and O–H groups in total. The van der Waals surface area contributed by atoms with Crippen LogP contribution in [-0.2, 0) is 0 Å². The summed E-state index contributed by atoms with van der Waals surface area (Å²) in [4.78, 5) is 36.0. The van der Waals surface area contributed by atoms with Crippen LogP contribution in [0.4, 0.5) is 10.5 Å².